The van der Waals surface area contributed by atoms with Gasteiger partial charge in [-0.3, -0.25) is 0 Å². The van der Waals surface area contributed by atoms with Gasteiger partial charge in [-0.15, -0.1) is 0 Å². The summed E-state index contributed by atoms with van der Waals surface area (Å²) in [6, 6.07) is 8.13. The Morgan fingerprint density at radius 1 is 1.33 bits per heavy atom. The summed E-state index contributed by atoms with van der Waals surface area (Å²) >= 11 is 6.03. The van der Waals surface area contributed by atoms with Crippen molar-refractivity contribution in [3.05, 3.63) is 34.9 Å². The molecule has 118 valence electrons. The minimum Gasteiger partial charge on any atom is -0.314 e. The van der Waals surface area contributed by atoms with Gasteiger partial charge >= 0.3 is 5.51 Å². The lowest BCUT2D eigenvalue weighted by Gasteiger charge is -2.18. The maximum Gasteiger partial charge on any atom is 0.441 e. The summed E-state index contributed by atoms with van der Waals surface area (Å²) in [6.45, 7) is 0.773. The van der Waals surface area contributed by atoms with Crippen LogP contribution in [0.3, 0.4) is 0 Å². The SMILES string of the molecule is FC(F)(F)SCCC(CNC1CC1)Cc1cccc(Cl)c1. The van der Waals surface area contributed by atoms with Crippen molar-refractivity contribution >= 4 is 23.4 Å². The lowest BCUT2D eigenvalue weighted by molar-refractivity contribution is -0.0328. The molecule has 6 heteroatoms. The number of halogens is 4. The third-order valence-corrected chi connectivity index (χ3v) is 4.48. The van der Waals surface area contributed by atoms with Crippen LogP contribution >= 0.6 is 23.4 Å². The predicted molar refractivity (Wildman–Crippen MR) is 82.8 cm³/mol. The fourth-order valence-corrected chi connectivity index (χ4v) is 3.13. The zero-order chi connectivity index (χ0) is 15.3. The van der Waals surface area contributed by atoms with E-state index in [1.54, 1.807) is 0 Å². The van der Waals surface area contributed by atoms with E-state index in [0.717, 1.165) is 18.5 Å². The molecule has 1 atom stereocenters. The van der Waals surface area contributed by atoms with Gasteiger partial charge < -0.3 is 5.32 Å². The second kappa shape index (κ2) is 7.75. The van der Waals surface area contributed by atoms with Gasteiger partial charge in [0.15, 0.2) is 0 Å². The Morgan fingerprint density at radius 3 is 2.71 bits per heavy atom. The summed E-state index contributed by atoms with van der Waals surface area (Å²) in [4.78, 5) is 0. The maximum atomic E-state index is 12.2. The van der Waals surface area contributed by atoms with Crippen LogP contribution in [-0.4, -0.2) is 23.8 Å². The van der Waals surface area contributed by atoms with E-state index in [9.17, 15) is 13.2 Å². The Hall–Kier alpha value is -0.390. The number of hydrogen-bond donors (Lipinski definition) is 1. The van der Waals surface area contributed by atoms with Crippen molar-refractivity contribution < 1.29 is 13.2 Å². The zero-order valence-corrected chi connectivity index (χ0v) is 13.2. The molecule has 1 aliphatic carbocycles. The van der Waals surface area contributed by atoms with Crippen LogP contribution in [0.1, 0.15) is 24.8 Å². The number of hydrogen-bond acceptors (Lipinski definition) is 2. The molecule has 0 radical (unpaired) electrons. The molecular weight excluding hydrogens is 319 g/mol. The summed E-state index contributed by atoms with van der Waals surface area (Å²) in [6.07, 6.45) is 3.68. The largest absolute Gasteiger partial charge is 0.441 e. The zero-order valence-electron chi connectivity index (χ0n) is 11.6. The standard InChI is InChI=1S/C15H19ClF3NS/c16-13-3-1-2-11(9-13)8-12(10-20-14-4-5-14)6-7-21-15(17,18)19/h1-3,9,12,14,20H,4-8,10H2. The average molecular weight is 338 g/mol. The molecule has 1 aromatic carbocycles. The van der Waals surface area contributed by atoms with Crippen molar-refractivity contribution in [3.8, 4) is 0 Å². The number of nitrogens with one attached hydrogen (secondary N) is 1. The summed E-state index contributed by atoms with van der Waals surface area (Å²) < 4.78 is 36.7. The third-order valence-electron chi connectivity index (χ3n) is 3.48. The molecule has 0 amide bonds. The van der Waals surface area contributed by atoms with E-state index >= 15 is 0 Å². The minimum absolute atomic E-state index is 0.0716. The Labute approximate surface area is 132 Å². The molecule has 1 aromatic rings. The highest BCUT2D eigenvalue weighted by atomic mass is 35.5. The average Bonchev–Trinajstić information content (AvgIpc) is 3.18. The molecule has 2 rings (SSSR count). The predicted octanol–water partition coefficient (Wildman–Crippen LogP) is 4.89. The smallest absolute Gasteiger partial charge is 0.314 e. The molecule has 0 saturated heterocycles. The van der Waals surface area contributed by atoms with Crippen LogP contribution < -0.4 is 5.32 Å². The van der Waals surface area contributed by atoms with Gasteiger partial charge in [-0.25, -0.2) is 0 Å². The Kier molecular flexibility index (Phi) is 6.26. The maximum absolute atomic E-state index is 12.2. The van der Waals surface area contributed by atoms with E-state index in [1.807, 2.05) is 24.3 Å². The summed E-state index contributed by atoms with van der Waals surface area (Å²) in [5.41, 5.74) is -3.05. The molecule has 0 aliphatic heterocycles. The van der Waals surface area contributed by atoms with Gasteiger partial charge in [0.25, 0.3) is 0 Å². The van der Waals surface area contributed by atoms with Gasteiger partial charge in [-0.05, 0) is 55.8 Å². The highest BCUT2D eigenvalue weighted by Crippen LogP contribution is 2.32. The van der Waals surface area contributed by atoms with Gasteiger partial charge in [0.1, 0.15) is 0 Å². The third kappa shape index (κ3) is 7.43. The van der Waals surface area contributed by atoms with Crippen molar-refractivity contribution in [2.24, 2.45) is 5.92 Å². The van der Waals surface area contributed by atoms with Crippen molar-refractivity contribution in [3.63, 3.8) is 0 Å². The van der Waals surface area contributed by atoms with E-state index in [0.29, 0.717) is 17.5 Å². The van der Waals surface area contributed by atoms with Gasteiger partial charge in [0.05, 0.1) is 0 Å². The number of thioether (sulfide) groups is 1. The molecular formula is C15H19ClF3NS. The fourth-order valence-electron chi connectivity index (χ4n) is 2.24. The second-order valence-electron chi connectivity index (χ2n) is 5.47. The Balaban J connectivity index is 1.84. The van der Waals surface area contributed by atoms with Crippen molar-refractivity contribution in [1.82, 2.24) is 5.32 Å². The quantitative estimate of drug-likeness (QED) is 0.724. The van der Waals surface area contributed by atoms with Gasteiger partial charge in [0.2, 0.25) is 0 Å². The number of benzene rings is 1. The van der Waals surface area contributed by atoms with E-state index in [2.05, 4.69) is 5.32 Å². The molecule has 21 heavy (non-hydrogen) atoms. The molecule has 1 nitrogen and oxygen atoms in total. The molecule has 1 fully saturated rings. The molecule has 0 spiro atoms. The van der Waals surface area contributed by atoms with Crippen LogP contribution in [0.4, 0.5) is 13.2 Å². The first-order valence-electron chi connectivity index (χ1n) is 7.11. The second-order valence-corrected chi connectivity index (χ2v) is 7.06. The lowest BCUT2D eigenvalue weighted by Crippen LogP contribution is -2.26. The molecule has 1 unspecified atom stereocenters. The summed E-state index contributed by atoms with van der Waals surface area (Å²) in [5.74, 6) is 0.320. The lowest BCUT2D eigenvalue weighted by atomic mass is 9.97. The molecule has 0 bridgehead atoms. The van der Waals surface area contributed by atoms with Gasteiger partial charge in [-0.1, -0.05) is 35.5 Å². The number of rotatable bonds is 8. The van der Waals surface area contributed by atoms with Crippen molar-refractivity contribution in [1.29, 1.82) is 0 Å². The van der Waals surface area contributed by atoms with E-state index in [4.69, 9.17) is 11.6 Å². The fraction of sp³-hybridized carbons (Fsp3) is 0.600. The first-order chi connectivity index (χ1) is 9.92. The van der Waals surface area contributed by atoms with Crippen LogP contribution in [0.25, 0.3) is 0 Å². The van der Waals surface area contributed by atoms with Crippen LogP contribution in [0.2, 0.25) is 5.02 Å². The molecule has 1 N–H and O–H groups in total. The Bertz CT molecular complexity index is 449. The highest BCUT2D eigenvalue weighted by molar-refractivity contribution is 8.00. The normalized spacial score (nSPS) is 17.0. The summed E-state index contributed by atoms with van der Waals surface area (Å²) in [5, 5.41) is 4.09. The first kappa shape index (κ1) is 17.0. The molecule has 1 aliphatic rings. The van der Waals surface area contributed by atoms with Crippen LogP contribution in [-0.2, 0) is 6.42 Å². The van der Waals surface area contributed by atoms with Gasteiger partial charge in [-0.2, -0.15) is 13.2 Å². The Morgan fingerprint density at radius 2 is 2.10 bits per heavy atom. The molecule has 0 heterocycles. The topological polar surface area (TPSA) is 12.0 Å². The molecule has 1 saturated carbocycles. The van der Waals surface area contributed by atoms with Gasteiger partial charge in [0, 0.05) is 16.8 Å². The number of alkyl halides is 3. The van der Waals surface area contributed by atoms with E-state index < -0.39 is 5.51 Å². The summed E-state index contributed by atoms with van der Waals surface area (Å²) in [7, 11) is 0. The van der Waals surface area contributed by atoms with Crippen LogP contribution in [0.5, 0.6) is 0 Å². The van der Waals surface area contributed by atoms with Crippen LogP contribution in [0.15, 0.2) is 24.3 Å². The molecule has 0 aromatic heterocycles. The van der Waals surface area contributed by atoms with Crippen LogP contribution in [0, 0.1) is 5.92 Å². The van der Waals surface area contributed by atoms with E-state index in [-0.39, 0.29) is 23.4 Å². The van der Waals surface area contributed by atoms with Crippen molar-refractivity contribution in [2.75, 3.05) is 12.3 Å². The van der Waals surface area contributed by atoms with Crippen molar-refractivity contribution in [2.45, 2.75) is 37.2 Å². The minimum atomic E-state index is -4.13. The monoisotopic (exact) mass is 337 g/mol. The first-order valence-corrected chi connectivity index (χ1v) is 8.47. The van der Waals surface area contributed by atoms with E-state index in [1.165, 1.54) is 12.8 Å². The highest BCUT2D eigenvalue weighted by Gasteiger charge is 2.28.